The first kappa shape index (κ1) is 13.8. The zero-order valence-corrected chi connectivity index (χ0v) is 13.2. The molecule has 2 heterocycles. The van der Waals surface area contributed by atoms with Gasteiger partial charge in [-0.2, -0.15) is 5.10 Å². The minimum atomic E-state index is 0.575. The van der Waals surface area contributed by atoms with E-state index in [1.54, 1.807) is 18.8 Å². The number of methoxy groups -OCH3 is 1. The fourth-order valence-corrected chi connectivity index (χ4v) is 2.52. The molecule has 108 valence electrons. The number of furan rings is 1. The molecule has 21 heavy (non-hydrogen) atoms. The highest BCUT2D eigenvalue weighted by Gasteiger charge is 2.20. The van der Waals surface area contributed by atoms with E-state index in [1.165, 1.54) is 0 Å². The number of rotatable bonds is 3. The summed E-state index contributed by atoms with van der Waals surface area (Å²) in [5, 5.41) is 4.46. The van der Waals surface area contributed by atoms with E-state index >= 15 is 0 Å². The van der Waals surface area contributed by atoms with E-state index in [9.17, 15) is 0 Å². The molecule has 0 bridgehead atoms. The Bertz CT molecular complexity index is 792. The molecule has 0 amide bonds. The fraction of sp³-hybridized carbons (Fsp3) is 0.133. The number of halogens is 1. The number of benzene rings is 1. The molecule has 3 rings (SSSR count). The van der Waals surface area contributed by atoms with Gasteiger partial charge in [-0.1, -0.05) is 12.1 Å². The van der Waals surface area contributed by atoms with Gasteiger partial charge in [0.25, 0.3) is 0 Å². The second kappa shape index (κ2) is 5.29. The standard InChI is InChI=1S/C15H14BrN3O2/c1-19-15(17)13(9-4-3-5-10(8-9)20-2)14(18-19)11-6-7-12(16)21-11/h3-8H,17H2,1-2H3. The van der Waals surface area contributed by atoms with Crippen molar-refractivity contribution in [2.45, 2.75) is 0 Å². The smallest absolute Gasteiger partial charge is 0.169 e. The summed E-state index contributed by atoms with van der Waals surface area (Å²) in [6, 6.07) is 11.4. The average Bonchev–Trinajstić information content (AvgIpc) is 3.04. The number of anilines is 1. The average molecular weight is 348 g/mol. The molecule has 0 fully saturated rings. The Kier molecular flexibility index (Phi) is 3.47. The summed E-state index contributed by atoms with van der Waals surface area (Å²) in [6.07, 6.45) is 0. The number of hydrogen-bond donors (Lipinski definition) is 1. The van der Waals surface area contributed by atoms with Crippen LogP contribution in [0.1, 0.15) is 0 Å². The van der Waals surface area contributed by atoms with Crippen molar-refractivity contribution in [1.29, 1.82) is 0 Å². The van der Waals surface area contributed by atoms with Crippen molar-refractivity contribution < 1.29 is 9.15 Å². The summed E-state index contributed by atoms with van der Waals surface area (Å²) in [6.45, 7) is 0. The third-order valence-electron chi connectivity index (χ3n) is 3.26. The Morgan fingerprint density at radius 2 is 2.10 bits per heavy atom. The van der Waals surface area contributed by atoms with Gasteiger partial charge >= 0.3 is 0 Å². The van der Waals surface area contributed by atoms with Gasteiger partial charge in [-0.3, -0.25) is 4.68 Å². The number of nitrogens with zero attached hydrogens (tertiary/aromatic N) is 2. The minimum absolute atomic E-state index is 0.575. The quantitative estimate of drug-likeness (QED) is 0.784. The first-order valence-corrected chi connectivity index (χ1v) is 7.12. The molecule has 0 spiro atoms. The molecule has 0 unspecified atom stereocenters. The monoisotopic (exact) mass is 347 g/mol. The predicted octanol–water partition coefficient (Wildman–Crippen LogP) is 3.70. The molecular weight excluding hydrogens is 334 g/mol. The number of aryl methyl sites for hydroxylation is 1. The first-order valence-electron chi connectivity index (χ1n) is 6.32. The number of ether oxygens (including phenoxy) is 1. The second-order valence-corrected chi connectivity index (χ2v) is 5.35. The number of aromatic nitrogens is 2. The zero-order valence-electron chi connectivity index (χ0n) is 11.6. The Morgan fingerprint density at radius 3 is 2.76 bits per heavy atom. The van der Waals surface area contributed by atoms with Gasteiger partial charge in [-0.05, 0) is 45.8 Å². The van der Waals surface area contributed by atoms with E-state index in [0.29, 0.717) is 21.9 Å². The van der Waals surface area contributed by atoms with Crippen molar-refractivity contribution in [1.82, 2.24) is 9.78 Å². The van der Waals surface area contributed by atoms with E-state index in [-0.39, 0.29) is 0 Å². The summed E-state index contributed by atoms with van der Waals surface area (Å²) in [5.41, 5.74) is 8.64. The Balaban J connectivity index is 2.21. The van der Waals surface area contributed by atoms with Crippen molar-refractivity contribution in [3.05, 3.63) is 41.1 Å². The minimum Gasteiger partial charge on any atom is -0.497 e. The van der Waals surface area contributed by atoms with Crippen LogP contribution in [0.5, 0.6) is 5.75 Å². The SMILES string of the molecule is COc1cccc(-c2c(-c3ccc(Br)o3)nn(C)c2N)c1. The van der Waals surface area contributed by atoms with Gasteiger partial charge < -0.3 is 14.9 Å². The molecule has 2 aromatic heterocycles. The maximum Gasteiger partial charge on any atom is 0.169 e. The molecule has 0 aliphatic heterocycles. The molecule has 0 radical (unpaired) electrons. The van der Waals surface area contributed by atoms with Crippen LogP contribution in [0.25, 0.3) is 22.6 Å². The van der Waals surface area contributed by atoms with Crippen LogP contribution in [0.4, 0.5) is 5.82 Å². The maximum atomic E-state index is 6.18. The molecule has 0 saturated carbocycles. The van der Waals surface area contributed by atoms with Gasteiger partial charge in [0, 0.05) is 7.05 Å². The van der Waals surface area contributed by atoms with Gasteiger partial charge in [-0.15, -0.1) is 0 Å². The molecule has 0 aliphatic rings. The molecule has 1 aromatic carbocycles. The largest absolute Gasteiger partial charge is 0.497 e. The molecule has 0 saturated heterocycles. The van der Waals surface area contributed by atoms with Crippen molar-refractivity contribution in [2.75, 3.05) is 12.8 Å². The Morgan fingerprint density at radius 1 is 1.29 bits per heavy atom. The lowest BCUT2D eigenvalue weighted by atomic mass is 10.0. The van der Waals surface area contributed by atoms with Gasteiger partial charge in [-0.25, -0.2) is 0 Å². The number of nitrogen functional groups attached to an aromatic ring is 1. The summed E-state index contributed by atoms with van der Waals surface area (Å²) in [4.78, 5) is 0. The molecule has 5 nitrogen and oxygen atoms in total. The van der Waals surface area contributed by atoms with Gasteiger partial charge in [0.2, 0.25) is 0 Å². The highest BCUT2D eigenvalue weighted by atomic mass is 79.9. The van der Waals surface area contributed by atoms with Crippen LogP contribution in [0.15, 0.2) is 45.5 Å². The number of hydrogen-bond acceptors (Lipinski definition) is 4. The topological polar surface area (TPSA) is 66.2 Å². The third-order valence-corrected chi connectivity index (χ3v) is 3.68. The van der Waals surface area contributed by atoms with E-state index in [1.807, 2.05) is 36.4 Å². The summed E-state index contributed by atoms with van der Waals surface area (Å²) in [7, 11) is 3.44. The second-order valence-electron chi connectivity index (χ2n) is 4.57. The van der Waals surface area contributed by atoms with Gasteiger partial charge in [0.05, 0.1) is 12.7 Å². The molecule has 0 aliphatic carbocycles. The highest BCUT2D eigenvalue weighted by Crippen LogP contribution is 2.38. The molecule has 3 aromatic rings. The fourth-order valence-electron chi connectivity index (χ4n) is 2.21. The van der Waals surface area contributed by atoms with Crippen molar-refractivity contribution in [3.8, 4) is 28.3 Å². The lowest BCUT2D eigenvalue weighted by Crippen LogP contribution is -1.98. The van der Waals surface area contributed by atoms with E-state index in [4.69, 9.17) is 14.9 Å². The van der Waals surface area contributed by atoms with E-state index in [0.717, 1.165) is 16.9 Å². The summed E-state index contributed by atoms with van der Waals surface area (Å²) < 4.78 is 13.2. The lowest BCUT2D eigenvalue weighted by Gasteiger charge is -2.05. The zero-order chi connectivity index (χ0) is 15.0. The van der Waals surface area contributed by atoms with Crippen LogP contribution in [0.3, 0.4) is 0 Å². The van der Waals surface area contributed by atoms with Crippen LogP contribution in [0.2, 0.25) is 0 Å². The Hall–Kier alpha value is -2.21. The first-order chi connectivity index (χ1) is 10.1. The summed E-state index contributed by atoms with van der Waals surface area (Å²) >= 11 is 3.31. The van der Waals surface area contributed by atoms with Gasteiger partial charge in [0.1, 0.15) is 17.3 Å². The van der Waals surface area contributed by atoms with E-state index < -0.39 is 0 Å². The van der Waals surface area contributed by atoms with Crippen molar-refractivity contribution >= 4 is 21.7 Å². The highest BCUT2D eigenvalue weighted by molar-refractivity contribution is 9.10. The van der Waals surface area contributed by atoms with Crippen LogP contribution in [-0.4, -0.2) is 16.9 Å². The molecule has 6 heteroatoms. The molecular formula is C15H14BrN3O2. The lowest BCUT2D eigenvalue weighted by molar-refractivity contribution is 0.415. The Labute approximate surface area is 130 Å². The maximum absolute atomic E-state index is 6.18. The van der Waals surface area contributed by atoms with E-state index in [2.05, 4.69) is 21.0 Å². The predicted molar refractivity (Wildman–Crippen MR) is 85.0 cm³/mol. The van der Waals surface area contributed by atoms with Crippen LogP contribution >= 0.6 is 15.9 Å². The van der Waals surface area contributed by atoms with Crippen molar-refractivity contribution in [2.24, 2.45) is 7.05 Å². The number of nitrogens with two attached hydrogens (primary N) is 1. The summed E-state index contributed by atoms with van der Waals surface area (Å²) in [5.74, 6) is 2.00. The molecule has 2 N–H and O–H groups in total. The van der Waals surface area contributed by atoms with Crippen LogP contribution in [0, 0.1) is 0 Å². The molecule has 0 atom stereocenters. The normalized spacial score (nSPS) is 10.8. The van der Waals surface area contributed by atoms with Crippen LogP contribution < -0.4 is 10.5 Å². The van der Waals surface area contributed by atoms with Gasteiger partial charge in [0.15, 0.2) is 10.4 Å². The third kappa shape index (κ3) is 2.42. The van der Waals surface area contributed by atoms with Crippen LogP contribution in [-0.2, 0) is 7.05 Å². The van der Waals surface area contributed by atoms with Crippen molar-refractivity contribution in [3.63, 3.8) is 0 Å².